The van der Waals surface area contributed by atoms with E-state index in [0.717, 1.165) is 0 Å². The van der Waals surface area contributed by atoms with Crippen LogP contribution in [0.2, 0.25) is 0 Å². The molecule has 0 aliphatic carbocycles. The van der Waals surface area contributed by atoms with Gasteiger partial charge in [0.15, 0.2) is 5.69 Å². The number of aromatic nitrogens is 1. The van der Waals surface area contributed by atoms with Crippen molar-refractivity contribution in [2.75, 3.05) is 12.0 Å². The van der Waals surface area contributed by atoms with E-state index < -0.39 is 5.97 Å². The van der Waals surface area contributed by atoms with E-state index in [1.54, 1.807) is 24.6 Å². The molecule has 7 heteroatoms. The smallest absolute Gasteiger partial charge is 0.357 e. The Balaban J connectivity index is 2.01. The molecule has 2 aromatic rings. The standard InChI is InChI=1S/C12H13N3O3S/c1-3-17-11(16)9-7-19-12(13-9)15-14-8(2)10-5-4-6-18-10/h4-7H,3H2,1-2H3,(H,13,15)/b14-8+. The molecule has 0 fully saturated rings. The molecule has 0 atom stereocenters. The number of ether oxygens (including phenoxy) is 1. The van der Waals surface area contributed by atoms with E-state index in [0.29, 0.717) is 23.2 Å². The predicted molar refractivity (Wildman–Crippen MR) is 72.6 cm³/mol. The third-order valence-corrected chi connectivity index (χ3v) is 2.93. The van der Waals surface area contributed by atoms with Crippen LogP contribution in [0.3, 0.4) is 0 Å². The van der Waals surface area contributed by atoms with Crippen LogP contribution in [0.15, 0.2) is 33.3 Å². The highest BCUT2D eigenvalue weighted by molar-refractivity contribution is 7.13. The Hall–Kier alpha value is -2.15. The number of thiazole rings is 1. The Labute approximate surface area is 114 Å². The fourth-order valence-electron chi connectivity index (χ4n) is 1.30. The van der Waals surface area contributed by atoms with Gasteiger partial charge in [-0.3, -0.25) is 5.43 Å². The van der Waals surface area contributed by atoms with Gasteiger partial charge in [0, 0.05) is 5.38 Å². The molecule has 0 spiro atoms. The second-order valence-electron chi connectivity index (χ2n) is 3.54. The molecule has 2 aromatic heterocycles. The number of furan rings is 1. The van der Waals surface area contributed by atoms with Gasteiger partial charge in [-0.15, -0.1) is 11.3 Å². The van der Waals surface area contributed by atoms with E-state index in [1.165, 1.54) is 11.3 Å². The number of nitrogens with zero attached hydrogens (tertiary/aromatic N) is 2. The molecule has 0 saturated heterocycles. The molecule has 0 aliphatic heterocycles. The summed E-state index contributed by atoms with van der Waals surface area (Å²) in [7, 11) is 0. The lowest BCUT2D eigenvalue weighted by atomic mass is 10.3. The molecule has 0 radical (unpaired) electrons. The molecule has 0 bridgehead atoms. The first-order valence-electron chi connectivity index (χ1n) is 5.67. The second kappa shape index (κ2) is 6.14. The van der Waals surface area contributed by atoms with Crippen LogP contribution >= 0.6 is 11.3 Å². The minimum absolute atomic E-state index is 0.278. The molecule has 2 heterocycles. The molecule has 100 valence electrons. The topological polar surface area (TPSA) is 76.7 Å². The van der Waals surface area contributed by atoms with E-state index >= 15 is 0 Å². The number of hydrogen-bond donors (Lipinski definition) is 1. The highest BCUT2D eigenvalue weighted by atomic mass is 32.1. The lowest BCUT2D eigenvalue weighted by Crippen LogP contribution is -2.05. The zero-order valence-corrected chi connectivity index (χ0v) is 11.4. The largest absolute Gasteiger partial charge is 0.463 e. The molecular weight excluding hydrogens is 266 g/mol. The second-order valence-corrected chi connectivity index (χ2v) is 4.40. The van der Waals surface area contributed by atoms with Crippen molar-refractivity contribution in [2.45, 2.75) is 13.8 Å². The maximum Gasteiger partial charge on any atom is 0.357 e. The summed E-state index contributed by atoms with van der Waals surface area (Å²) in [5.41, 5.74) is 3.75. The van der Waals surface area contributed by atoms with Crippen LogP contribution < -0.4 is 5.43 Å². The first-order valence-corrected chi connectivity index (χ1v) is 6.55. The fraction of sp³-hybridized carbons (Fsp3) is 0.250. The summed E-state index contributed by atoms with van der Waals surface area (Å²) < 4.78 is 10.0. The zero-order chi connectivity index (χ0) is 13.7. The van der Waals surface area contributed by atoms with Gasteiger partial charge < -0.3 is 9.15 Å². The Morgan fingerprint density at radius 1 is 1.63 bits per heavy atom. The normalized spacial score (nSPS) is 11.4. The Morgan fingerprint density at radius 3 is 3.16 bits per heavy atom. The van der Waals surface area contributed by atoms with Crippen molar-refractivity contribution in [1.29, 1.82) is 0 Å². The van der Waals surface area contributed by atoms with Crippen LogP contribution in [0.5, 0.6) is 0 Å². The highest BCUT2D eigenvalue weighted by Gasteiger charge is 2.11. The van der Waals surface area contributed by atoms with Crippen molar-refractivity contribution >= 4 is 28.1 Å². The Bertz CT molecular complexity index is 575. The number of esters is 1. The van der Waals surface area contributed by atoms with E-state index in [9.17, 15) is 4.79 Å². The molecule has 2 rings (SSSR count). The summed E-state index contributed by atoms with van der Waals surface area (Å²) in [5.74, 6) is 0.244. The molecule has 0 aromatic carbocycles. The maximum atomic E-state index is 11.4. The zero-order valence-electron chi connectivity index (χ0n) is 10.5. The Kier molecular flexibility index (Phi) is 4.30. The van der Waals surface area contributed by atoms with E-state index in [2.05, 4.69) is 15.5 Å². The van der Waals surface area contributed by atoms with Crippen LogP contribution in [-0.4, -0.2) is 23.3 Å². The Morgan fingerprint density at radius 2 is 2.47 bits per heavy atom. The predicted octanol–water partition coefficient (Wildman–Crippen LogP) is 2.75. The van der Waals surface area contributed by atoms with Gasteiger partial charge in [0.1, 0.15) is 11.5 Å². The minimum atomic E-state index is -0.432. The lowest BCUT2D eigenvalue weighted by Gasteiger charge is -1.97. The summed E-state index contributed by atoms with van der Waals surface area (Å²) >= 11 is 1.28. The van der Waals surface area contributed by atoms with Crippen LogP contribution in [0, 0.1) is 0 Å². The number of hydrogen-bond acceptors (Lipinski definition) is 7. The van der Waals surface area contributed by atoms with Gasteiger partial charge in [-0.25, -0.2) is 9.78 Å². The molecule has 6 nitrogen and oxygen atoms in total. The van der Waals surface area contributed by atoms with Gasteiger partial charge in [0.2, 0.25) is 5.13 Å². The first kappa shape index (κ1) is 13.3. The van der Waals surface area contributed by atoms with Gasteiger partial charge in [-0.2, -0.15) is 5.10 Å². The van der Waals surface area contributed by atoms with Crippen LogP contribution in [-0.2, 0) is 4.74 Å². The van der Waals surface area contributed by atoms with Crippen LogP contribution in [0.25, 0.3) is 0 Å². The van der Waals surface area contributed by atoms with Crippen LogP contribution in [0.4, 0.5) is 5.13 Å². The summed E-state index contributed by atoms with van der Waals surface area (Å²) in [5, 5.41) is 6.27. The summed E-state index contributed by atoms with van der Waals surface area (Å²) in [4.78, 5) is 15.5. The first-order chi connectivity index (χ1) is 9.20. The molecule has 0 aliphatic rings. The van der Waals surface area contributed by atoms with Crippen molar-refractivity contribution < 1.29 is 13.9 Å². The van der Waals surface area contributed by atoms with Crippen molar-refractivity contribution in [1.82, 2.24) is 4.98 Å². The van der Waals surface area contributed by atoms with E-state index in [4.69, 9.17) is 9.15 Å². The molecule has 0 unspecified atom stereocenters. The fourth-order valence-corrected chi connectivity index (χ4v) is 1.92. The average molecular weight is 279 g/mol. The molecule has 1 N–H and O–H groups in total. The quantitative estimate of drug-likeness (QED) is 0.517. The number of rotatable bonds is 5. The number of carbonyl (C=O) groups is 1. The number of anilines is 1. The average Bonchev–Trinajstić information content (AvgIpc) is 3.07. The molecular formula is C12H13N3O3S. The van der Waals surface area contributed by atoms with Gasteiger partial charge in [-0.1, -0.05) is 0 Å². The number of carbonyl (C=O) groups excluding carboxylic acids is 1. The molecule has 0 amide bonds. The lowest BCUT2D eigenvalue weighted by molar-refractivity contribution is 0.0520. The van der Waals surface area contributed by atoms with Crippen molar-refractivity contribution in [2.24, 2.45) is 5.10 Å². The van der Waals surface area contributed by atoms with Gasteiger partial charge in [0.25, 0.3) is 0 Å². The summed E-state index contributed by atoms with van der Waals surface area (Å²) in [6, 6.07) is 3.60. The third-order valence-electron chi connectivity index (χ3n) is 2.19. The van der Waals surface area contributed by atoms with E-state index in [1.807, 2.05) is 13.0 Å². The van der Waals surface area contributed by atoms with Gasteiger partial charge in [-0.05, 0) is 26.0 Å². The number of nitrogens with one attached hydrogen (secondary N) is 1. The van der Waals surface area contributed by atoms with Crippen molar-refractivity contribution in [3.63, 3.8) is 0 Å². The van der Waals surface area contributed by atoms with Crippen molar-refractivity contribution in [3.05, 3.63) is 35.2 Å². The molecule has 19 heavy (non-hydrogen) atoms. The SMILES string of the molecule is CCOC(=O)c1csc(N/N=C(\C)c2ccco2)n1. The van der Waals surface area contributed by atoms with E-state index in [-0.39, 0.29) is 5.69 Å². The third kappa shape index (κ3) is 3.41. The maximum absolute atomic E-state index is 11.4. The summed E-state index contributed by atoms with van der Waals surface area (Å²) in [6.07, 6.45) is 1.58. The van der Waals surface area contributed by atoms with Gasteiger partial charge >= 0.3 is 5.97 Å². The monoisotopic (exact) mass is 279 g/mol. The number of hydrazone groups is 1. The molecule has 0 saturated carbocycles. The summed E-state index contributed by atoms with van der Waals surface area (Å²) in [6.45, 7) is 3.89. The van der Waals surface area contributed by atoms with Gasteiger partial charge in [0.05, 0.1) is 12.9 Å². The minimum Gasteiger partial charge on any atom is -0.463 e. The van der Waals surface area contributed by atoms with Crippen molar-refractivity contribution in [3.8, 4) is 0 Å². The highest BCUT2D eigenvalue weighted by Crippen LogP contribution is 2.16. The van der Waals surface area contributed by atoms with Crippen LogP contribution in [0.1, 0.15) is 30.1 Å².